The van der Waals surface area contributed by atoms with Gasteiger partial charge >= 0.3 is 0 Å². The molecule has 88 valence electrons. The quantitative estimate of drug-likeness (QED) is 0.795. The number of aliphatic hydroxyl groups excluding tert-OH is 1. The Morgan fingerprint density at radius 3 is 2.56 bits per heavy atom. The molecular weight excluding hydrogens is 202 g/mol. The number of pyridine rings is 1. The summed E-state index contributed by atoms with van der Waals surface area (Å²) in [5, 5.41) is 9.04. The summed E-state index contributed by atoms with van der Waals surface area (Å²) in [5.74, 6) is 1.06. The average Bonchev–Trinajstić information content (AvgIpc) is 2.30. The van der Waals surface area contributed by atoms with E-state index in [2.05, 4.69) is 28.8 Å². The molecule has 2 heterocycles. The number of anilines is 1. The number of hydrogen-bond acceptors (Lipinski definition) is 4. The van der Waals surface area contributed by atoms with Gasteiger partial charge in [0.15, 0.2) is 0 Å². The maximum Gasteiger partial charge on any atom is 0.131 e. The molecule has 1 fully saturated rings. The summed E-state index contributed by atoms with van der Waals surface area (Å²) >= 11 is 0. The standard InChI is InChI=1S/C12H19N3O/c1-10-7-11(9-16)8-13-12(10)15-5-3-14(2)4-6-15/h7-8,16H,3-6,9H2,1-2H3. The van der Waals surface area contributed by atoms with E-state index in [1.54, 1.807) is 6.20 Å². The highest BCUT2D eigenvalue weighted by atomic mass is 16.3. The van der Waals surface area contributed by atoms with E-state index in [1.807, 2.05) is 6.07 Å². The summed E-state index contributed by atoms with van der Waals surface area (Å²) in [6.45, 7) is 6.36. The second-order valence-corrected chi connectivity index (χ2v) is 4.43. The summed E-state index contributed by atoms with van der Waals surface area (Å²) in [4.78, 5) is 9.09. The predicted molar refractivity (Wildman–Crippen MR) is 64.6 cm³/mol. The molecule has 0 aromatic carbocycles. The van der Waals surface area contributed by atoms with Gasteiger partial charge in [-0.15, -0.1) is 0 Å². The summed E-state index contributed by atoms with van der Waals surface area (Å²) in [7, 11) is 2.15. The molecule has 16 heavy (non-hydrogen) atoms. The Labute approximate surface area is 96.5 Å². The van der Waals surface area contributed by atoms with E-state index >= 15 is 0 Å². The highest BCUT2D eigenvalue weighted by Gasteiger charge is 2.16. The van der Waals surface area contributed by atoms with Crippen molar-refractivity contribution in [2.45, 2.75) is 13.5 Å². The van der Waals surface area contributed by atoms with Crippen LogP contribution in [0.1, 0.15) is 11.1 Å². The van der Waals surface area contributed by atoms with E-state index in [0.717, 1.165) is 43.1 Å². The number of piperazine rings is 1. The van der Waals surface area contributed by atoms with Gasteiger partial charge in [0.25, 0.3) is 0 Å². The van der Waals surface area contributed by atoms with Crippen molar-refractivity contribution in [2.24, 2.45) is 0 Å². The van der Waals surface area contributed by atoms with Gasteiger partial charge in [-0.1, -0.05) is 0 Å². The molecule has 1 aliphatic heterocycles. The minimum absolute atomic E-state index is 0.0663. The molecule has 1 saturated heterocycles. The molecule has 4 heteroatoms. The van der Waals surface area contributed by atoms with E-state index in [4.69, 9.17) is 5.11 Å². The molecule has 4 nitrogen and oxygen atoms in total. The van der Waals surface area contributed by atoms with Crippen LogP contribution in [0.4, 0.5) is 5.82 Å². The van der Waals surface area contributed by atoms with Crippen LogP contribution in [0.5, 0.6) is 0 Å². The van der Waals surface area contributed by atoms with Crippen LogP contribution in [0.3, 0.4) is 0 Å². The maximum absolute atomic E-state index is 9.04. The summed E-state index contributed by atoms with van der Waals surface area (Å²) in [6, 6.07) is 2.01. The first-order valence-corrected chi connectivity index (χ1v) is 5.70. The second-order valence-electron chi connectivity index (χ2n) is 4.43. The maximum atomic E-state index is 9.04. The van der Waals surface area contributed by atoms with Crippen LogP contribution >= 0.6 is 0 Å². The van der Waals surface area contributed by atoms with Crippen LogP contribution in [-0.2, 0) is 6.61 Å². The third-order valence-corrected chi connectivity index (χ3v) is 3.09. The Bertz CT molecular complexity index is 359. The summed E-state index contributed by atoms with van der Waals surface area (Å²) < 4.78 is 0. The third-order valence-electron chi connectivity index (χ3n) is 3.09. The van der Waals surface area contributed by atoms with Crippen molar-refractivity contribution >= 4 is 5.82 Å². The van der Waals surface area contributed by atoms with E-state index < -0.39 is 0 Å². The van der Waals surface area contributed by atoms with Crippen LogP contribution in [0.2, 0.25) is 0 Å². The first-order chi connectivity index (χ1) is 7.70. The molecule has 0 unspecified atom stereocenters. The van der Waals surface area contributed by atoms with Crippen LogP contribution in [0.15, 0.2) is 12.3 Å². The van der Waals surface area contributed by atoms with Crippen LogP contribution < -0.4 is 4.90 Å². The Kier molecular flexibility index (Phi) is 3.41. The SMILES string of the molecule is Cc1cc(CO)cnc1N1CCN(C)CC1. The fourth-order valence-corrected chi connectivity index (χ4v) is 2.06. The molecular formula is C12H19N3O. The normalized spacial score (nSPS) is 17.8. The highest BCUT2D eigenvalue weighted by Crippen LogP contribution is 2.19. The van der Waals surface area contributed by atoms with Crippen molar-refractivity contribution in [3.05, 3.63) is 23.4 Å². The predicted octanol–water partition coefficient (Wildman–Crippen LogP) is 0.634. The van der Waals surface area contributed by atoms with Crippen molar-refractivity contribution in [1.29, 1.82) is 0 Å². The summed E-state index contributed by atoms with van der Waals surface area (Å²) in [5.41, 5.74) is 2.03. The van der Waals surface area contributed by atoms with Crippen LogP contribution in [0, 0.1) is 6.92 Å². The second kappa shape index (κ2) is 4.80. The molecule has 0 bridgehead atoms. The zero-order valence-corrected chi connectivity index (χ0v) is 9.98. The topological polar surface area (TPSA) is 39.6 Å². The van der Waals surface area contributed by atoms with Crippen molar-refractivity contribution in [3.8, 4) is 0 Å². The van der Waals surface area contributed by atoms with Gasteiger partial charge in [0.2, 0.25) is 0 Å². The summed E-state index contributed by atoms with van der Waals surface area (Å²) in [6.07, 6.45) is 1.76. The van der Waals surface area contributed by atoms with Gasteiger partial charge in [-0.25, -0.2) is 4.98 Å². The molecule has 0 radical (unpaired) electrons. The lowest BCUT2D eigenvalue weighted by atomic mass is 10.2. The highest BCUT2D eigenvalue weighted by molar-refractivity contribution is 5.47. The number of aromatic nitrogens is 1. The first-order valence-electron chi connectivity index (χ1n) is 5.70. The Balaban J connectivity index is 2.14. The van der Waals surface area contributed by atoms with Gasteiger partial charge in [0, 0.05) is 32.4 Å². The number of hydrogen-bond donors (Lipinski definition) is 1. The molecule has 0 atom stereocenters. The fourth-order valence-electron chi connectivity index (χ4n) is 2.06. The molecule has 1 aromatic heterocycles. The Morgan fingerprint density at radius 1 is 1.31 bits per heavy atom. The van der Waals surface area contributed by atoms with Gasteiger partial charge in [0.1, 0.15) is 5.82 Å². The van der Waals surface area contributed by atoms with Crippen molar-refractivity contribution in [1.82, 2.24) is 9.88 Å². The minimum Gasteiger partial charge on any atom is -0.392 e. The smallest absolute Gasteiger partial charge is 0.131 e. The third kappa shape index (κ3) is 2.33. The molecule has 0 aliphatic carbocycles. The lowest BCUT2D eigenvalue weighted by Gasteiger charge is -2.34. The van der Waals surface area contributed by atoms with Crippen LogP contribution in [-0.4, -0.2) is 48.2 Å². The monoisotopic (exact) mass is 221 g/mol. The van der Waals surface area contributed by atoms with Gasteiger partial charge < -0.3 is 14.9 Å². The lowest BCUT2D eigenvalue weighted by molar-refractivity contribution is 0.281. The van der Waals surface area contributed by atoms with Crippen molar-refractivity contribution < 1.29 is 5.11 Å². The van der Waals surface area contributed by atoms with E-state index in [9.17, 15) is 0 Å². The fraction of sp³-hybridized carbons (Fsp3) is 0.583. The zero-order chi connectivity index (χ0) is 11.5. The molecule has 0 amide bonds. The number of aryl methyl sites for hydroxylation is 1. The average molecular weight is 221 g/mol. The number of nitrogens with zero attached hydrogens (tertiary/aromatic N) is 3. The number of rotatable bonds is 2. The zero-order valence-electron chi connectivity index (χ0n) is 9.98. The van der Waals surface area contributed by atoms with E-state index in [0.29, 0.717) is 0 Å². The largest absolute Gasteiger partial charge is 0.392 e. The Hall–Kier alpha value is -1.13. The van der Waals surface area contributed by atoms with Crippen molar-refractivity contribution in [3.63, 3.8) is 0 Å². The van der Waals surface area contributed by atoms with E-state index in [1.165, 1.54) is 0 Å². The van der Waals surface area contributed by atoms with Gasteiger partial charge in [-0.2, -0.15) is 0 Å². The molecule has 0 saturated carbocycles. The first kappa shape index (κ1) is 11.4. The van der Waals surface area contributed by atoms with Crippen LogP contribution in [0.25, 0.3) is 0 Å². The Morgan fingerprint density at radius 2 is 2.00 bits per heavy atom. The number of likely N-dealkylation sites (N-methyl/N-ethyl adjacent to an activating group) is 1. The van der Waals surface area contributed by atoms with E-state index in [-0.39, 0.29) is 6.61 Å². The molecule has 1 N–H and O–H groups in total. The van der Waals surface area contributed by atoms with Crippen molar-refractivity contribution in [2.75, 3.05) is 38.1 Å². The molecule has 1 aromatic rings. The molecule has 0 spiro atoms. The molecule has 1 aliphatic rings. The minimum atomic E-state index is 0.0663. The van der Waals surface area contributed by atoms with Gasteiger partial charge in [0.05, 0.1) is 6.61 Å². The van der Waals surface area contributed by atoms with Gasteiger partial charge in [-0.3, -0.25) is 0 Å². The molecule has 2 rings (SSSR count). The lowest BCUT2D eigenvalue weighted by Crippen LogP contribution is -2.45. The number of aliphatic hydroxyl groups is 1. The van der Waals surface area contributed by atoms with Gasteiger partial charge in [-0.05, 0) is 31.2 Å².